The largest absolute Gasteiger partial charge is 0.310 e. The number of hydrogen-bond donors (Lipinski definition) is 0. The first-order chi connectivity index (χ1) is 36.7. The van der Waals surface area contributed by atoms with Gasteiger partial charge in [0.05, 0.1) is 11.0 Å². The Labute approximate surface area is 441 Å². The molecule has 0 aliphatic heterocycles. The topological polar surface area (TPSA) is 8.17 Å². The van der Waals surface area contributed by atoms with E-state index in [0.717, 1.165) is 33.8 Å². The molecule has 0 spiro atoms. The predicted molar refractivity (Wildman–Crippen MR) is 318 cm³/mol. The van der Waals surface area contributed by atoms with E-state index >= 15 is 0 Å². The number of para-hydroxylation sites is 2. The number of nitrogens with zero attached hydrogens (tertiary/aromatic N) is 2. The van der Waals surface area contributed by atoms with Gasteiger partial charge >= 0.3 is 0 Å². The molecular weight excluding hydrogens is 933 g/mol. The fourth-order valence-corrected chi connectivity index (χ4v) is 18.2. The SMILES string of the molecule is CC.CC.c1ccc(N(c2ccccc2)c2cccc(-n3c4ccc(S(c5ccccc5)(c5ccccc5)c5ccccc5)cc4c4cc(S(c5ccccc5)(c5ccccc5)c5ccccc5)ccc43)c2)cc1. The number of fused-ring (bicyclic) bond motifs is 3. The zero-order valence-corrected chi connectivity index (χ0v) is 44.2. The Morgan fingerprint density at radius 1 is 0.243 bits per heavy atom. The summed E-state index contributed by atoms with van der Waals surface area (Å²) in [5.41, 5.74) is 6.69. The van der Waals surface area contributed by atoms with E-state index < -0.39 is 20.1 Å². The first-order valence-corrected chi connectivity index (χ1v) is 29.1. The highest BCUT2D eigenvalue weighted by atomic mass is 32.3. The summed E-state index contributed by atoms with van der Waals surface area (Å²) < 4.78 is 2.49. The molecule has 11 aromatic carbocycles. The van der Waals surface area contributed by atoms with E-state index in [1.165, 1.54) is 49.9 Å². The van der Waals surface area contributed by atoms with Crippen LogP contribution >= 0.6 is 20.1 Å². The van der Waals surface area contributed by atoms with Gasteiger partial charge in [0.2, 0.25) is 0 Å². The van der Waals surface area contributed by atoms with Gasteiger partial charge in [-0.05, 0) is 152 Å². The van der Waals surface area contributed by atoms with Crippen molar-refractivity contribution in [3.05, 3.63) is 303 Å². The second kappa shape index (κ2) is 22.6. The van der Waals surface area contributed by atoms with E-state index in [1.807, 2.05) is 27.7 Å². The first-order valence-electron chi connectivity index (χ1n) is 25.8. The zero-order chi connectivity index (χ0) is 50.7. The molecule has 0 aliphatic carbocycles. The van der Waals surface area contributed by atoms with Gasteiger partial charge in [-0.25, -0.2) is 0 Å². The summed E-state index contributed by atoms with van der Waals surface area (Å²) in [6.45, 7) is 8.00. The lowest BCUT2D eigenvalue weighted by Crippen LogP contribution is -2.10. The van der Waals surface area contributed by atoms with Crippen LogP contribution in [0.5, 0.6) is 0 Å². The predicted octanol–water partition coefficient (Wildman–Crippen LogP) is 21.0. The van der Waals surface area contributed by atoms with Gasteiger partial charge in [-0.3, -0.25) is 0 Å². The van der Waals surface area contributed by atoms with Crippen LogP contribution in [0.3, 0.4) is 0 Å². The first kappa shape index (κ1) is 49.3. The third-order valence-electron chi connectivity index (χ3n) is 13.4. The average Bonchev–Trinajstić information content (AvgIpc) is 3.83. The molecule has 0 aliphatic rings. The van der Waals surface area contributed by atoms with Crippen LogP contribution in [0.15, 0.2) is 342 Å². The Hall–Kier alpha value is -8.28. The van der Waals surface area contributed by atoms with E-state index in [9.17, 15) is 0 Å². The van der Waals surface area contributed by atoms with Gasteiger partial charge in [-0.2, -0.15) is 0 Å². The van der Waals surface area contributed by atoms with Crippen molar-refractivity contribution in [2.45, 2.75) is 66.9 Å². The lowest BCUT2D eigenvalue weighted by atomic mass is 10.1. The summed E-state index contributed by atoms with van der Waals surface area (Å²) in [6.07, 6.45) is 0. The van der Waals surface area contributed by atoms with Crippen molar-refractivity contribution in [1.82, 2.24) is 4.57 Å². The van der Waals surface area contributed by atoms with E-state index in [2.05, 4.69) is 313 Å². The highest BCUT2D eigenvalue weighted by molar-refractivity contribution is 8.34. The minimum Gasteiger partial charge on any atom is -0.310 e. The van der Waals surface area contributed by atoms with Gasteiger partial charge in [0.1, 0.15) is 0 Å². The van der Waals surface area contributed by atoms with Gasteiger partial charge in [0.15, 0.2) is 0 Å². The molecule has 364 valence electrons. The minimum atomic E-state index is -1.98. The molecule has 0 radical (unpaired) electrons. The molecule has 2 nitrogen and oxygen atoms in total. The van der Waals surface area contributed by atoms with Crippen LogP contribution in [-0.4, -0.2) is 4.57 Å². The summed E-state index contributed by atoms with van der Waals surface area (Å²) in [5.74, 6) is 0. The molecule has 74 heavy (non-hydrogen) atoms. The highest BCUT2D eigenvalue weighted by Crippen LogP contribution is 2.75. The molecule has 0 unspecified atom stereocenters. The van der Waals surface area contributed by atoms with Gasteiger partial charge in [-0.1, -0.05) is 179 Å². The van der Waals surface area contributed by atoms with Crippen molar-refractivity contribution in [2.24, 2.45) is 0 Å². The second-order valence-electron chi connectivity index (χ2n) is 17.3. The number of anilines is 3. The maximum Gasteiger partial charge on any atom is 0.0541 e. The molecule has 0 atom stereocenters. The molecule has 12 rings (SSSR count). The molecule has 1 heterocycles. The summed E-state index contributed by atoms with van der Waals surface area (Å²) in [5, 5.41) is 2.43. The van der Waals surface area contributed by atoms with Crippen LogP contribution in [0, 0.1) is 0 Å². The van der Waals surface area contributed by atoms with Crippen LogP contribution in [0.25, 0.3) is 27.5 Å². The quantitative estimate of drug-likeness (QED) is 0.118. The fourth-order valence-electron chi connectivity index (χ4n) is 10.4. The van der Waals surface area contributed by atoms with Crippen LogP contribution in [0.2, 0.25) is 0 Å². The van der Waals surface area contributed by atoms with E-state index in [4.69, 9.17) is 0 Å². The summed E-state index contributed by atoms with van der Waals surface area (Å²) >= 11 is 0. The molecule has 0 fully saturated rings. The normalized spacial score (nSPS) is 11.7. The van der Waals surface area contributed by atoms with Crippen molar-refractivity contribution in [3.8, 4) is 5.69 Å². The Morgan fingerprint density at radius 3 is 0.811 bits per heavy atom. The van der Waals surface area contributed by atoms with Gasteiger partial charge in [-0.15, -0.1) is 20.1 Å². The molecule has 1 aromatic heterocycles. The Morgan fingerprint density at radius 2 is 0.514 bits per heavy atom. The maximum atomic E-state index is 2.54. The monoisotopic (exact) mass is 994 g/mol. The molecule has 4 heteroatoms. The van der Waals surface area contributed by atoms with Crippen LogP contribution in [-0.2, 0) is 0 Å². The number of aromatic nitrogens is 1. The summed E-state index contributed by atoms with van der Waals surface area (Å²) in [4.78, 5) is 12.7. The second-order valence-corrected chi connectivity index (χ2v) is 23.5. The van der Waals surface area contributed by atoms with Crippen molar-refractivity contribution in [3.63, 3.8) is 0 Å². The molecule has 12 aromatic rings. The van der Waals surface area contributed by atoms with E-state index in [1.54, 1.807) is 0 Å². The number of hydrogen-bond acceptors (Lipinski definition) is 1. The van der Waals surface area contributed by atoms with Crippen LogP contribution in [0.4, 0.5) is 17.1 Å². The molecule has 0 N–H and O–H groups in total. The smallest absolute Gasteiger partial charge is 0.0541 e. The molecule has 0 amide bonds. The zero-order valence-electron chi connectivity index (χ0n) is 42.6. The van der Waals surface area contributed by atoms with Crippen molar-refractivity contribution in [2.75, 3.05) is 4.90 Å². The van der Waals surface area contributed by atoms with Crippen molar-refractivity contribution >= 4 is 58.9 Å². The Balaban J connectivity index is 0.00000153. The molecule has 0 saturated heterocycles. The average molecular weight is 995 g/mol. The van der Waals surface area contributed by atoms with Gasteiger partial charge in [0.25, 0.3) is 0 Å². The summed E-state index contributed by atoms with van der Waals surface area (Å²) in [6, 6.07) is 112. The standard InChI is InChI=1S/C66H50N2S2.2C2H6/c1-9-26-51(27-10-1)67(52-28-11-2-12-29-52)53-30-25-31-54(48-53)68-65-46-44-61(69(55-32-13-3-14-33-55,56-34-15-4-16-35-56)57-36-17-5-18-37-57)49-63(65)64-50-62(45-47-66(64)68)70(58-38-19-6-20-39-58,59-40-21-7-22-41-59)60-42-23-8-24-43-60;2*1-2/h1-50H;2*1-2H3. The fraction of sp³-hybridized carbons (Fsp3) is 0.0571. The van der Waals surface area contributed by atoms with E-state index in [-0.39, 0.29) is 0 Å². The lowest BCUT2D eigenvalue weighted by Gasteiger charge is -2.42. The number of rotatable bonds is 12. The third-order valence-corrected chi connectivity index (χ3v) is 21.2. The van der Waals surface area contributed by atoms with Gasteiger partial charge < -0.3 is 9.47 Å². The van der Waals surface area contributed by atoms with Crippen LogP contribution in [0.1, 0.15) is 27.7 Å². The van der Waals surface area contributed by atoms with Gasteiger partial charge in [0, 0.05) is 72.7 Å². The maximum absolute atomic E-state index is 2.54. The molecular formula is C70H62N2S2. The number of benzene rings is 11. The van der Waals surface area contributed by atoms with Crippen LogP contribution < -0.4 is 4.90 Å². The molecule has 0 saturated carbocycles. The lowest BCUT2D eigenvalue weighted by molar-refractivity contribution is 1.16. The molecule has 0 bridgehead atoms. The van der Waals surface area contributed by atoms with Crippen molar-refractivity contribution in [1.29, 1.82) is 0 Å². The Kier molecular flexibility index (Phi) is 15.1. The summed E-state index contributed by atoms with van der Waals surface area (Å²) in [7, 11) is -3.97. The third kappa shape index (κ3) is 8.91. The minimum absolute atomic E-state index is 1.08. The Bertz CT molecular complexity index is 3270. The highest BCUT2D eigenvalue weighted by Gasteiger charge is 2.36. The van der Waals surface area contributed by atoms with Crippen molar-refractivity contribution < 1.29 is 0 Å². The van der Waals surface area contributed by atoms with E-state index in [0.29, 0.717) is 0 Å².